The van der Waals surface area contributed by atoms with Gasteiger partial charge in [-0.2, -0.15) is 0 Å². The third kappa shape index (κ3) is 3.16. The summed E-state index contributed by atoms with van der Waals surface area (Å²) < 4.78 is 5.94. The normalized spacial score (nSPS) is 23.1. The standard InChI is InChI=1S/C13H17ClN2O3/c1-8-3-4-15-7-13(8)19-12-6-10(14)11(16(17)18)5-9(12)2/h5-6,8,13,15H,3-4,7H2,1-2H3. The average Bonchev–Trinajstić information content (AvgIpc) is 2.35. The number of rotatable bonds is 3. The average molecular weight is 285 g/mol. The first kappa shape index (κ1) is 14.1. The number of benzene rings is 1. The van der Waals surface area contributed by atoms with Crippen LogP contribution >= 0.6 is 11.6 Å². The Morgan fingerprint density at radius 1 is 1.53 bits per heavy atom. The van der Waals surface area contributed by atoms with Crippen LogP contribution in [0.1, 0.15) is 18.9 Å². The highest BCUT2D eigenvalue weighted by atomic mass is 35.5. The van der Waals surface area contributed by atoms with Crippen LogP contribution in [0, 0.1) is 23.0 Å². The Bertz CT molecular complexity index is 493. The molecule has 2 unspecified atom stereocenters. The smallest absolute Gasteiger partial charge is 0.288 e. The van der Waals surface area contributed by atoms with E-state index < -0.39 is 4.92 Å². The molecule has 0 aromatic heterocycles. The minimum atomic E-state index is -0.482. The lowest BCUT2D eigenvalue weighted by Crippen LogP contribution is -2.42. The van der Waals surface area contributed by atoms with Gasteiger partial charge in [0.1, 0.15) is 16.9 Å². The second kappa shape index (κ2) is 5.75. The zero-order valence-electron chi connectivity index (χ0n) is 11.0. The van der Waals surface area contributed by atoms with Crippen molar-refractivity contribution in [1.29, 1.82) is 0 Å². The summed E-state index contributed by atoms with van der Waals surface area (Å²) in [5.41, 5.74) is 0.648. The van der Waals surface area contributed by atoms with Gasteiger partial charge in [-0.3, -0.25) is 10.1 Å². The van der Waals surface area contributed by atoms with Crippen molar-refractivity contribution >= 4 is 17.3 Å². The van der Waals surface area contributed by atoms with Crippen LogP contribution < -0.4 is 10.1 Å². The second-order valence-electron chi connectivity index (χ2n) is 4.95. The first-order valence-corrected chi connectivity index (χ1v) is 6.68. The van der Waals surface area contributed by atoms with Crippen molar-refractivity contribution in [3.05, 3.63) is 32.8 Å². The molecule has 1 saturated heterocycles. The number of nitrogens with zero attached hydrogens (tertiary/aromatic N) is 1. The maximum atomic E-state index is 10.8. The lowest BCUT2D eigenvalue weighted by molar-refractivity contribution is -0.384. The van der Waals surface area contributed by atoms with Crippen LogP contribution in [0.4, 0.5) is 5.69 Å². The maximum absolute atomic E-state index is 10.8. The fourth-order valence-electron chi connectivity index (χ4n) is 2.20. The highest BCUT2D eigenvalue weighted by molar-refractivity contribution is 6.32. The van der Waals surface area contributed by atoms with Gasteiger partial charge in [0.05, 0.1) is 4.92 Å². The fourth-order valence-corrected chi connectivity index (χ4v) is 2.42. The molecule has 0 saturated carbocycles. The maximum Gasteiger partial charge on any atom is 0.288 e. The summed E-state index contributed by atoms with van der Waals surface area (Å²) >= 11 is 5.91. The van der Waals surface area contributed by atoms with Gasteiger partial charge in [-0.15, -0.1) is 0 Å². The van der Waals surface area contributed by atoms with Gasteiger partial charge in [-0.25, -0.2) is 0 Å². The van der Waals surface area contributed by atoms with E-state index in [9.17, 15) is 10.1 Å². The Kier molecular flexibility index (Phi) is 4.27. The Morgan fingerprint density at radius 3 is 2.89 bits per heavy atom. The largest absolute Gasteiger partial charge is 0.488 e. The molecular weight excluding hydrogens is 268 g/mol. The van der Waals surface area contributed by atoms with E-state index in [1.165, 1.54) is 12.1 Å². The van der Waals surface area contributed by atoms with Crippen LogP contribution in [0.25, 0.3) is 0 Å². The first-order chi connectivity index (χ1) is 8.99. The highest BCUT2D eigenvalue weighted by Gasteiger charge is 2.24. The molecule has 0 amide bonds. The summed E-state index contributed by atoms with van der Waals surface area (Å²) in [6.07, 6.45) is 1.13. The van der Waals surface area contributed by atoms with Crippen LogP contribution in [0.2, 0.25) is 5.02 Å². The molecule has 6 heteroatoms. The minimum Gasteiger partial charge on any atom is -0.488 e. The van der Waals surface area contributed by atoms with Crippen LogP contribution in [0.3, 0.4) is 0 Å². The highest BCUT2D eigenvalue weighted by Crippen LogP contribution is 2.33. The number of ether oxygens (including phenoxy) is 1. The van der Waals surface area contributed by atoms with Crippen molar-refractivity contribution in [2.75, 3.05) is 13.1 Å². The lowest BCUT2D eigenvalue weighted by atomic mass is 9.97. The van der Waals surface area contributed by atoms with E-state index >= 15 is 0 Å². The van der Waals surface area contributed by atoms with Gasteiger partial charge in [0.15, 0.2) is 0 Å². The van der Waals surface area contributed by atoms with Gasteiger partial charge in [0.25, 0.3) is 5.69 Å². The molecule has 0 aliphatic carbocycles. The van der Waals surface area contributed by atoms with E-state index in [1.54, 1.807) is 6.92 Å². The van der Waals surface area contributed by atoms with Crippen LogP contribution in [0.15, 0.2) is 12.1 Å². The van der Waals surface area contributed by atoms with Gasteiger partial charge in [-0.1, -0.05) is 18.5 Å². The number of hydrogen-bond acceptors (Lipinski definition) is 4. The Balaban J connectivity index is 2.21. The molecule has 1 heterocycles. The van der Waals surface area contributed by atoms with Crippen molar-refractivity contribution in [3.8, 4) is 5.75 Å². The minimum absolute atomic E-state index is 0.0740. The lowest BCUT2D eigenvalue weighted by Gasteiger charge is -2.30. The van der Waals surface area contributed by atoms with Gasteiger partial charge >= 0.3 is 0 Å². The summed E-state index contributed by atoms with van der Waals surface area (Å²) in [4.78, 5) is 10.3. The molecular formula is C13H17ClN2O3. The third-order valence-electron chi connectivity index (χ3n) is 3.48. The molecule has 2 atom stereocenters. The van der Waals surface area contributed by atoms with E-state index in [2.05, 4.69) is 12.2 Å². The van der Waals surface area contributed by atoms with Crippen molar-refractivity contribution in [2.45, 2.75) is 26.4 Å². The van der Waals surface area contributed by atoms with E-state index in [-0.39, 0.29) is 16.8 Å². The summed E-state index contributed by atoms with van der Waals surface area (Å²) in [7, 11) is 0. The quantitative estimate of drug-likeness (QED) is 0.685. The molecule has 1 fully saturated rings. The molecule has 104 valence electrons. The van der Waals surface area contributed by atoms with Crippen LogP contribution in [-0.2, 0) is 0 Å². The van der Waals surface area contributed by atoms with E-state index in [0.717, 1.165) is 25.1 Å². The number of hydrogen-bond donors (Lipinski definition) is 1. The van der Waals surface area contributed by atoms with E-state index in [1.807, 2.05) is 0 Å². The number of nitrogens with one attached hydrogen (secondary N) is 1. The molecule has 1 aliphatic rings. The number of piperidine rings is 1. The summed E-state index contributed by atoms with van der Waals surface area (Å²) in [5.74, 6) is 1.07. The number of nitro benzene ring substituents is 1. The zero-order chi connectivity index (χ0) is 14.0. The molecule has 1 N–H and O–H groups in total. The topological polar surface area (TPSA) is 64.4 Å². The van der Waals surface area contributed by atoms with Crippen LogP contribution in [-0.4, -0.2) is 24.1 Å². The molecule has 0 radical (unpaired) electrons. The Labute approximate surface area is 117 Å². The molecule has 0 bridgehead atoms. The van der Waals surface area contributed by atoms with Gasteiger partial charge in [0.2, 0.25) is 0 Å². The number of nitro groups is 1. The number of halogens is 1. The Morgan fingerprint density at radius 2 is 2.26 bits per heavy atom. The van der Waals surface area contributed by atoms with Crippen molar-refractivity contribution in [3.63, 3.8) is 0 Å². The fraction of sp³-hybridized carbons (Fsp3) is 0.538. The van der Waals surface area contributed by atoms with Crippen molar-refractivity contribution in [1.82, 2.24) is 5.32 Å². The summed E-state index contributed by atoms with van der Waals surface area (Å²) in [6.45, 7) is 5.73. The van der Waals surface area contributed by atoms with E-state index in [4.69, 9.17) is 16.3 Å². The van der Waals surface area contributed by atoms with Crippen molar-refractivity contribution < 1.29 is 9.66 Å². The molecule has 2 rings (SSSR count). The molecule has 1 aliphatic heterocycles. The van der Waals surface area contributed by atoms with Gasteiger partial charge in [-0.05, 0) is 31.4 Å². The number of aryl methyl sites for hydroxylation is 1. The Hall–Kier alpha value is -1.33. The second-order valence-corrected chi connectivity index (χ2v) is 5.36. The molecule has 1 aromatic carbocycles. The monoisotopic (exact) mass is 284 g/mol. The molecule has 1 aromatic rings. The third-order valence-corrected chi connectivity index (χ3v) is 3.78. The van der Waals surface area contributed by atoms with Gasteiger partial charge < -0.3 is 10.1 Å². The predicted octanol–water partition coefficient (Wildman–Crippen LogP) is 2.93. The summed E-state index contributed by atoms with van der Waals surface area (Å²) in [6, 6.07) is 2.99. The molecule has 5 nitrogen and oxygen atoms in total. The van der Waals surface area contributed by atoms with Crippen LogP contribution in [0.5, 0.6) is 5.75 Å². The first-order valence-electron chi connectivity index (χ1n) is 6.31. The molecule has 19 heavy (non-hydrogen) atoms. The summed E-state index contributed by atoms with van der Waals surface area (Å²) in [5, 5.41) is 14.2. The zero-order valence-corrected chi connectivity index (χ0v) is 11.7. The van der Waals surface area contributed by atoms with Gasteiger partial charge in [0, 0.05) is 18.7 Å². The predicted molar refractivity (Wildman–Crippen MR) is 73.9 cm³/mol. The van der Waals surface area contributed by atoms with E-state index in [0.29, 0.717) is 11.7 Å². The SMILES string of the molecule is Cc1cc([N+](=O)[O-])c(Cl)cc1OC1CNCCC1C. The van der Waals surface area contributed by atoms with Crippen molar-refractivity contribution in [2.24, 2.45) is 5.92 Å². The molecule has 0 spiro atoms.